The first kappa shape index (κ1) is 22.2. The summed E-state index contributed by atoms with van der Waals surface area (Å²) in [4.78, 5) is 47.9. The number of thiophene rings is 1. The molecule has 164 valence electrons. The predicted octanol–water partition coefficient (Wildman–Crippen LogP) is 1.44. The minimum absolute atomic E-state index is 0.109. The minimum Gasteiger partial charge on any atom is -0.452 e. The van der Waals surface area contributed by atoms with E-state index in [1.54, 1.807) is 0 Å². The zero-order valence-electron chi connectivity index (χ0n) is 16.3. The van der Waals surface area contributed by atoms with Crippen LogP contribution in [0.3, 0.4) is 0 Å². The second-order valence-electron chi connectivity index (χ2n) is 6.69. The molecule has 2 aromatic rings. The van der Waals surface area contributed by atoms with E-state index in [-0.39, 0.29) is 35.7 Å². The SMILES string of the molecule is NC(=O)c1c(NC(=O)COC(=O)c2cc([N+](=O)[O-])ccc2NCCO)sc2c1CCC2. The quantitative estimate of drug-likeness (QED) is 0.253. The number of carbonyl (C=O) groups is 3. The number of nitrogens with one attached hydrogen (secondary N) is 2. The number of anilines is 2. The molecule has 11 nitrogen and oxygen atoms in total. The van der Waals surface area contributed by atoms with Gasteiger partial charge in [-0.05, 0) is 30.9 Å². The molecule has 0 aliphatic heterocycles. The lowest BCUT2D eigenvalue weighted by Crippen LogP contribution is -2.23. The third-order valence-electron chi connectivity index (χ3n) is 4.62. The van der Waals surface area contributed by atoms with E-state index in [1.165, 1.54) is 23.5 Å². The van der Waals surface area contributed by atoms with Gasteiger partial charge in [0.05, 0.1) is 22.7 Å². The van der Waals surface area contributed by atoms with E-state index in [4.69, 9.17) is 15.6 Å². The molecule has 1 aromatic carbocycles. The largest absolute Gasteiger partial charge is 0.452 e. The Hall–Kier alpha value is -3.51. The number of ether oxygens (including phenoxy) is 1. The first-order chi connectivity index (χ1) is 14.8. The van der Waals surface area contributed by atoms with E-state index in [1.807, 2.05) is 0 Å². The number of fused-ring (bicyclic) bond motifs is 1. The topological polar surface area (TPSA) is 174 Å². The van der Waals surface area contributed by atoms with Gasteiger partial charge < -0.3 is 26.2 Å². The van der Waals surface area contributed by atoms with Crippen LogP contribution in [0.1, 0.15) is 37.6 Å². The van der Waals surface area contributed by atoms with Crippen LogP contribution in [0.5, 0.6) is 0 Å². The van der Waals surface area contributed by atoms with Crippen molar-refractivity contribution < 1.29 is 29.2 Å². The third-order valence-corrected chi connectivity index (χ3v) is 5.82. The lowest BCUT2D eigenvalue weighted by atomic mass is 10.1. The summed E-state index contributed by atoms with van der Waals surface area (Å²) in [5.74, 6) is -2.27. The van der Waals surface area contributed by atoms with Crippen LogP contribution in [0.25, 0.3) is 0 Å². The standard InChI is InChI=1S/C19H20N4O7S/c20-17(26)16-11-2-1-3-14(11)31-18(16)22-15(25)9-30-19(27)12-8-10(23(28)29)4-5-13(12)21-6-7-24/h4-5,8,21,24H,1-3,6-7,9H2,(H2,20,26)(H,22,25). The number of aliphatic hydroxyl groups excluding tert-OH is 1. The summed E-state index contributed by atoms with van der Waals surface area (Å²) in [6.07, 6.45) is 2.44. The average Bonchev–Trinajstić information content (AvgIpc) is 3.30. The zero-order valence-corrected chi connectivity index (χ0v) is 17.1. The number of aryl methyl sites for hydroxylation is 1. The Labute approximate surface area is 180 Å². The highest BCUT2D eigenvalue weighted by molar-refractivity contribution is 7.17. The van der Waals surface area contributed by atoms with Gasteiger partial charge in [-0.2, -0.15) is 0 Å². The number of benzene rings is 1. The average molecular weight is 448 g/mol. The lowest BCUT2D eigenvalue weighted by molar-refractivity contribution is -0.384. The van der Waals surface area contributed by atoms with Gasteiger partial charge in [-0.15, -0.1) is 11.3 Å². The van der Waals surface area contributed by atoms with Crippen LogP contribution in [0.15, 0.2) is 18.2 Å². The number of hydrogen-bond acceptors (Lipinski definition) is 9. The third kappa shape index (κ3) is 4.98. The van der Waals surface area contributed by atoms with Crippen molar-refractivity contribution in [2.24, 2.45) is 5.73 Å². The second-order valence-corrected chi connectivity index (χ2v) is 7.79. The molecular weight excluding hydrogens is 428 g/mol. The minimum atomic E-state index is -0.955. The van der Waals surface area contributed by atoms with Gasteiger partial charge in [0, 0.05) is 29.2 Å². The number of primary amides is 1. The van der Waals surface area contributed by atoms with Crippen molar-refractivity contribution in [1.82, 2.24) is 0 Å². The summed E-state index contributed by atoms with van der Waals surface area (Å²) in [6.45, 7) is -0.778. The predicted molar refractivity (Wildman–Crippen MR) is 112 cm³/mol. The molecule has 0 bridgehead atoms. The van der Waals surface area contributed by atoms with Crippen LogP contribution >= 0.6 is 11.3 Å². The molecule has 0 unspecified atom stereocenters. The van der Waals surface area contributed by atoms with Crippen LogP contribution in [-0.2, 0) is 22.4 Å². The number of non-ortho nitro benzene ring substituents is 1. The highest BCUT2D eigenvalue weighted by Crippen LogP contribution is 2.38. The maximum atomic E-state index is 12.5. The molecule has 1 aliphatic carbocycles. The van der Waals surface area contributed by atoms with Crippen LogP contribution in [0.2, 0.25) is 0 Å². The molecule has 1 heterocycles. The Kier molecular flexibility index (Phi) is 6.82. The number of nitro benzene ring substituents is 1. The Morgan fingerprint density at radius 2 is 2.06 bits per heavy atom. The molecule has 0 saturated carbocycles. The van der Waals surface area contributed by atoms with Gasteiger partial charge in [0.2, 0.25) is 0 Å². The van der Waals surface area contributed by atoms with Gasteiger partial charge in [-0.25, -0.2) is 4.79 Å². The fraction of sp³-hybridized carbons (Fsp3) is 0.316. The maximum absolute atomic E-state index is 12.5. The van der Waals surface area contributed by atoms with Crippen molar-refractivity contribution in [3.05, 3.63) is 49.9 Å². The number of rotatable bonds is 9. The first-order valence-electron chi connectivity index (χ1n) is 9.36. The van der Waals surface area contributed by atoms with Gasteiger partial charge in [0.25, 0.3) is 17.5 Å². The molecule has 3 rings (SSSR count). The molecule has 5 N–H and O–H groups in total. The molecule has 0 atom stereocenters. The summed E-state index contributed by atoms with van der Waals surface area (Å²) in [5.41, 5.74) is 6.32. The Morgan fingerprint density at radius 1 is 1.29 bits per heavy atom. The van der Waals surface area contributed by atoms with Gasteiger partial charge in [0.1, 0.15) is 5.00 Å². The fourth-order valence-electron chi connectivity index (χ4n) is 3.28. The Balaban J connectivity index is 1.70. The Bertz CT molecular complexity index is 1050. The smallest absolute Gasteiger partial charge is 0.341 e. The second kappa shape index (κ2) is 9.53. The summed E-state index contributed by atoms with van der Waals surface area (Å²) in [5, 5.41) is 25.6. The highest BCUT2D eigenvalue weighted by Gasteiger charge is 2.26. The first-order valence-corrected chi connectivity index (χ1v) is 10.2. The number of nitrogens with zero attached hydrogens (tertiary/aromatic N) is 1. The van der Waals surface area contributed by atoms with E-state index in [0.717, 1.165) is 29.3 Å². The van der Waals surface area contributed by atoms with E-state index >= 15 is 0 Å². The Morgan fingerprint density at radius 3 is 2.74 bits per heavy atom. The monoisotopic (exact) mass is 448 g/mol. The number of nitrogens with two attached hydrogens (primary N) is 1. The van der Waals surface area contributed by atoms with E-state index in [9.17, 15) is 24.5 Å². The van der Waals surface area contributed by atoms with Crippen molar-refractivity contribution in [2.75, 3.05) is 30.4 Å². The molecule has 1 aromatic heterocycles. The van der Waals surface area contributed by atoms with Crippen molar-refractivity contribution in [2.45, 2.75) is 19.3 Å². The number of carbonyl (C=O) groups excluding carboxylic acids is 3. The summed E-state index contributed by atoms with van der Waals surface area (Å²) in [7, 11) is 0. The summed E-state index contributed by atoms with van der Waals surface area (Å²) in [6, 6.07) is 3.54. The molecule has 0 saturated heterocycles. The molecule has 1 aliphatic rings. The lowest BCUT2D eigenvalue weighted by Gasteiger charge is -2.11. The van der Waals surface area contributed by atoms with E-state index < -0.39 is 29.3 Å². The van der Waals surface area contributed by atoms with Crippen molar-refractivity contribution in [1.29, 1.82) is 0 Å². The molecule has 0 fully saturated rings. The number of hydrogen-bond donors (Lipinski definition) is 4. The zero-order chi connectivity index (χ0) is 22.5. The van der Waals surface area contributed by atoms with Gasteiger partial charge in [-0.3, -0.25) is 19.7 Å². The molecule has 2 amide bonds. The van der Waals surface area contributed by atoms with E-state index in [0.29, 0.717) is 11.4 Å². The molecule has 31 heavy (non-hydrogen) atoms. The van der Waals surface area contributed by atoms with Crippen molar-refractivity contribution in [3.8, 4) is 0 Å². The summed E-state index contributed by atoms with van der Waals surface area (Å²) >= 11 is 1.27. The fourth-order valence-corrected chi connectivity index (χ4v) is 4.59. The molecule has 12 heteroatoms. The number of amides is 2. The van der Waals surface area contributed by atoms with Crippen LogP contribution in [-0.4, -0.2) is 47.6 Å². The molecule has 0 spiro atoms. The van der Waals surface area contributed by atoms with Crippen LogP contribution in [0.4, 0.5) is 16.4 Å². The normalized spacial score (nSPS) is 12.2. The van der Waals surface area contributed by atoms with Gasteiger partial charge in [-0.1, -0.05) is 0 Å². The van der Waals surface area contributed by atoms with Gasteiger partial charge in [0.15, 0.2) is 6.61 Å². The van der Waals surface area contributed by atoms with Crippen molar-refractivity contribution >= 4 is 45.5 Å². The van der Waals surface area contributed by atoms with Crippen LogP contribution in [0, 0.1) is 10.1 Å². The maximum Gasteiger partial charge on any atom is 0.341 e. The van der Waals surface area contributed by atoms with Crippen molar-refractivity contribution in [3.63, 3.8) is 0 Å². The van der Waals surface area contributed by atoms with Crippen LogP contribution < -0.4 is 16.4 Å². The molecular formula is C19H20N4O7S. The number of esters is 1. The number of nitro groups is 1. The number of aliphatic hydroxyl groups is 1. The highest BCUT2D eigenvalue weighted by atomic mass is 32.1. The summed E-state index contributed by atoms with van der Waals surface area (Å²) < 4.78 is 5.01. The van der Waals surface area contributed by atoms with Gasteiger partial charge >= 0.3 is 5.97 Å². The molecule has 0 radical (unpaired) electrons. The van der Waals surface area contributed by atoms with E-state index in [2.05, 4.69) is 10.6 Å².